The third-order valence-corrected chi connectivity index (χ3v) is 6.15. The molecule has 26 heavy (non-hydrogen) atoms. The Morgan fingerprint density at radius 3 is 2.92 bits per heavy atom. The van der Waals surface area contributed by atoms with E-state index in [1.54, 1.807) is 0 Å². The highest BCUT2D eigenvalue weighted by molar-refractivity contribution is 5.78. The Labute approximate surface area is 153 Å². The average Bonchev–Trinajstić information content (AvgIpc) is 3.40. The van der Waals surface area contributed by atoms with Gasteiger partial charge in [-0.2, -0.15) is 5.10 Å². The van der Waals surface area contributed by atoms with Crippen LogP contribution >= 0.6 is 0 Å². The third kappa shape index (κ3) is 2.56. The fraction of sp³-hybridized carbons (Fsp3) is 0.409. The molecule has 5 rings (SSSR count). The minimum atomic E-state index is -0.358. The smallest absolute Gasteiger partial charge is 0.134 e. The molecule has 0 saturated heterocycles. The molecule has 1 atom stereocenters. The maximum absolute atomic E-state index is 6.71. The molecule has 2 aliphatic rings. The first-order chi connectivity index (χ1) is 12.7. The zero-order valence-corrected chi connectivity index (χ0v) is 15.1. The summed E-state index contributed by atoms with van der Waals surface area (Å²) < 4.78 is 12.4. The summed E-state index contributed by atoms with van der Waals surface area (Å²) in [5.41, 5.74) is 3.19. The van der Waals surface area contributed by atoms with Gasteiger partial charge in [0.1, 0.15) is 17.1 Å². The van der Waals surface area contributed by atoms with Crippen molar-refractivity contribution in [1.29, 1.82) is 0 Å². The van der Waals surface area contributed by atoms with E-state index in [1.165, 1.54) is 36.8 Å². The van der Waals surface area contributed by atoms with Crippen molar-refractivity contribution in [2.75, 3.05) is 6.61 Å². The Morgan fingerprint density at radius 2 is 2.04 bits per heavy atom. The molecular weight excluding hydrogens is 324 g/mol. The van der Waals surface area contributed by atoms with Crippen LogP contribution < -0.4 is 9.47 Å². The lowest BCUT2D eigenvalue weighted by Gasteiger charge is -2.37. The van der Waals surface area contributed by atoms with Gasteiger partial charge in [0.25, 0.3) is 0 Å². The monoisotopic (exact) mass is 348 g/mol. The zero-order chi connectivity index (χ0) is 17.6. The van der Waals surface area contributed by atoms with E-state index >= 15 is 0 Å². The number of nitrogens with one attached hydrogen (secondary N) is 1. The molecule has 1 aliphatic carbocycles. The fourth-order valence-corrected chi connectivity index (χ4v) is 4.56. The van der Waals surface area contributed by atoms with E-state index in [-0.39, 0.29) is 5.60 Å². The maximum Gasteiger partial charge on any atom is 0.134 e. The van der Waals surface area contributed by atoms with Gasteiger partial charge in [0.05, 0.1) is 18.3 Å². The molecule has 3 aromatic rings. The van der Waals surface area contributed by atoms with Crippen LogP contribution in [0.1, 0.15) is 43.7 Å². The van der Waals surface area contributed by atoms with Gasteiger partial charge in [-0.05, 0) is 43.0 Å². The number of H-pyrrole nitrogens is 1. The Morgan fingerprint density at radius 1 is 1.15 bits per heavy atom. The van der Waals surface area contributed by atoms with Crippen molar-refractivity contribution in [2.45, 2.75) is 44.6 Å². The number of benzene rings is 2. The summed E-state index contributed by atoms with van der Waals surface area (Å²) in [7, 11) is 0. The molecule has 0 radical (unpaired) electrons. The van der Waals surface area contributed by atoms with Gasteiger partial charge in [-0.25, -0.2) is 0 Å². The first-order valence-corrected chi connectivity index (χ1v) is 9.61. The molecule has 1 aromatic heterocycles. The van der Waals surface area contributed by atoms with Gasteiger partial charge in [0.15, 0.2) is 0 Å². The molecule has 0 bridgehead atoms. The Kier molecular flexibility index (Phi) is 3.66. The van der Waals surface area contributed by atoms with Crippen molar-refractivity contribution < 1.29 is 9.47 Å². The molecule has 1 saturated carbocycles. The van der Waals surface area contributed by atoms with E-state index in [2.05, 4.69) is 53.5 Å². The fourth-order valence-electron chi connectivity index (χ4n) is 4.56. The topological polar surface area (TPSA) is 47.1 Å². The number of hydrogen-bond acceptors (Lipinski definition) is 3. The Balaban J connectivity index is 1.55. The van der Waals surface area contributed by atoms with Gasteiger partial charge < -0.3 is 9.47 Å². The van der Waals surface area contributed by atoms with E-state index in [0.717, 1.165) is 35.4 Å². The number of aromatic nitrogens is 2. The summed E-state index contributed by atoms with van der Waals surface area (Å²) in [6, 6.07) is 12.8. The van der Waals surface area contributed by atoms with Crippen LogP contribution in [0.3, 0.4) is 0 Å². The van der Waals surface area contributed by atoms with Crippen LogP contribution in [-0.2, 0) is 12.0 Å². The van der Waals surface area contributed by atoms with Gasteiger partial charge in [-0.3, -0.25) is 5.10 Å². The molecule has 1 unspecified atom stereocenters. The first-order valence-electron chi connectivity index (χ1n) is 9.61. The normalized spacial score (nSPS) is 19.3. The van der Waals surface area contributed by atoms with Crippen molar-refractivity contribution in [3.63, 3.8) is 0 Å². The van der Waals surface area contributed by atoms with E-state index < -0.39 is 0 Å². The molecule has 2 aromatic carbocycles. The number of nitrogens with zero attached hydrogens (tertiary/aromatic N) is 1. The summed E-state index contributed by atoms with van der Waals surface area (Å²) in [6.45, 7) is 3.02. The lowest BCUT2D eigenvalue weighted by Crippen LogP contribution is -2.37. The van der Waals surface area contributed by atoms with E-state index in [0.29, 0.717) is 5.92 Å². The zero-order valence-electron chi connectivity index (χ0n) is 15.1. The molecule has 1 fully saturated rings. The molecule has 1 N–H and O–H groups in total. The summed E-state index contributed by atoms with van der Waals surface area (Å²) >= 11 is 0. The van der Waals surface area contributed by atoms with Gasteiger partial charge in [-0.1, -0.05) is 31.0 Å². The third-order valence-electron chi connectivity index (χ3n) is 6.15. The van der Waals surface area contributed by atoms with E-state index in [9.17, 15) is 0 Å². The van der Waals surface area contributed by atoms with Crippen molar-refractivity contribution in [2.24, 2.45) is 5.92 Å². The largest absolute Gasteiger partial charge is 0.493 e. The van der Waals surface area contributed by atoms with Gasteiger partial charge in [0.2, 0.25) is 0 Å². The van der Waals surface area contributed by atoms with Crippen LogP contribution in [-0.4, -0.2) is 16.8 Å². The highest BCUT2D eigenvalue weighted by Gasteiger charge is 2.40. The van der Waals surface area contributed by atoms with Crippen molar-refractivity contribution in [1.82, 2.24) is 10.2 Å². The number of aromatic amines is 1. The van der Waals surface area contributed by atoms with Crippen LogP contribution in [0.25, 0.3) is 10.9 Å². The van der Waals surface area contributed by atoms with Crippen molar-refractivity contribution in [3.05, 3.63) is 53.7 Å². The molecule has 0 spiro atoms. The number of rotatable bonds is 4. The molecule has 2 heterocycles. The second-order valence-corrected chi connectivity index (χ2v) is 7.73. The highest BCUT2D eigenvalue weighted by atomic mass is 16.5. The number of fused-ring (bicyclic) bond motifs is 2. The Hall–Kier alpha value is -2.49. The Bertz CT molecular complexity index is 942. The summed E-state index contributed by atoms with van der Waals surface area (Å²) in [6.07, 6.45) is 7.83. The van der Waals surface area contributed by atoms with E-state index in [1.807, 2.05) is 6.20 Å². The van der Waals surface area contributed by atoms with Crippen LogP contribution in [0.5, 0.6) is 11.5 Å². The average molecular weight is 348 g/mol. The van der Waals surface area contributed by atoms with Crippen LogP contribution in [0, 0.1) is 5.92 Å². The number of ether oxygens (including phenoxy) is 2. The maximum atomic E-state index is 6.71. The summed E-state index contributed by atoms with van der Waals surface area (Å²) in [5.74, 6) is 2.38. The first kappa shape index (κ1) is 15.7. The lowest BCUT2D eigenvalue weighted by atomic mass is 9.81. The van der Waals surface area contributed by atoms with Crippen LogP contribution in [0.15, 0.2) is 42.6 Å². The standard InChI is InChI=1S/C22H24N2O2/c1-22(17-4-2-3-5-17,18-8-6-16-14-23-24-20(16)12-18)26-19-9-7-15-10-11-25-21(15)13-19/h6-9,12-14,17H,2-5,10-11H2,1H3,(H,23,24). The van der Waals surface area contributed by atoms with Crippen LogP contribution in [0.2, 0.25) is 0 Å². The molecule has 134 valence electrons. The van der Waals surface area contributed by atoms with Crippen molar-refractivity contribution in [3.8, 4) is 11.5 Å². The second kappa shape index (κ2) is 6.04. The van der Waals surface area contributed by atoms with Gasteiger partial charge in [0, 0.05) is 23.8 Å². The quantitative estimate of drug-likeness (QED) is 0.723. The second-order valence-electron chi connectivity index (χ2n) is 7.73. The number of hydrogen-bond donors (Lipinski definition) is 1. The minimum absolute atomic E-state index is 0.358. The van der Waals surface area contributed by atoms with Gasteiger partial charge >= 0.3 is 0 Å². The van der Waals surface area contributed by atoms with Gasteiger partial charge in [-0.15, -0.1) is 0 Å². The predicted octanol–water partition coefficient (Wildman–Crippen LogP) is 4.98. The molecular formula is C22H24N2O2. The SMILES string of the molecule is CC(Oc1ccc2c(c1)OCC2)(c1ccc2cn[nH]c2c1)C1CCCC1. The predicted molar refractivity (Wildman–Crippen MR) is 102 cm³/mol. The molecule has 0 amide bonds. The summed E-state index contributed by atoms with van der Waals surface area (Å²) in [5, 5.41) is 8.39. The lowest BCUT2D eigenvalue weighted by molar-refractivity contribution is 0.0238. The molecule has 4 heteroatoms. The summed E-state index contributed by atoms with van der Waals surface area (Å²) in [4.78, 5) is 0. The highest BCUT2D eigenvalue weighted by Crippen LogP contribution is 2.44. The van der Waals surface area contributed by atoms with Crippen molar-refractivity contribution >= 4 is 10.9 Å². The van der Waals surface area contributed by atoms with Crippen LogP contribution in [0.4, 0.5) is 0 Å². The minimum Gasteiger partial charge on any atom is -0.493 e. The molecule has 1 aliphatic heterocycles. The molecule has 4 nitrogen and oxygen atoms in total. The van der Waals surface area contributed by atoms with E-state index in [4.69, 9.17) is 9.47 Å².